The molecule has 0 spiro atoms. The van der Waals surface area contributed by atoms with Crippen molar-refractivity contribution in [2.75, 3.05) is 0 Å². The summed E-state index contributed by atoms with van der Waals surface area (Å²) < 4.78 is 1.91. The van der Waals surface area contributed by atoms with Crippen molar-refractivity contribution in [3.05, 3.63) is 36.3 Å². The first-order valence-corrected chi connectivity index (χ1v) is 5.12. The van der Waals surface area contributed by atoms with Crippen LogP contribution in [0.25, 0.3) is 5.65 Å². The van der Waals surface area contributed by atoms with Crippen LogP contribution < -0.4 is 11.1 Å². The Bertz CT molecular complexity index is 509. The van der Waals surface area contributed by atoms with Crippen molar-refractivity contribution in [2.45, 2.75) is 19.5 Å². The van der Waals surface area contributed by atoms with Crippen LogP contribution >= 0.6 is 12.4 Å². The van der Waals surface area contributed by atoms with Crippen LogP contribution in [0.2, 0.25) is 0 Å². The van der Waals surface area contributed by atoms with Gasteiger partial charge in [0, 0.05) is 25.1 Å². The van der Waals surface area contributed by atoms with Crippen molar-refractivity contribution in [3.8, 4) is 0 Å². The number of pyridine rings is 1. The quantitative estimate of drug-likeness (QED) is 0.848. The zero-order chi connectivity index (χ0) is 11.5. The third-order valence-corrected chi connectivity index (χ3v) is 2.34. The Morgan fingerprint density at radius 3 is 3.06 bits per heavy atom. The molecule has 92 valence electrons. The van der Waals surface area contributed by atoms with Crippen LogP contribution in [0.3, 0.4) is 0 Å². The Morgan fingerprint density at radius 2 is 2.35 bits per heavy atom. The second-order valence-electron chi connectivity index (χ2n) is 3.73. The number of hydrogen-bond acceptors (Lipinski definition) is 3. The molecule has 2 heterocycles. The second kappa shape index (κ2) is 5.65. The largest absolute Gasteiger partial charge is 0.351 e. The maximum absolute atomic E-state index is 11.3. The minimum atomic E-state index is -0.477. The van der Waals surface area contributed by atoms with Crippen LogP contribution in [0.15, 0.2) is 30.7 Å². The molecule has 2 rings (SSSR count). The fourth-order valence-corrected chi connectivity index (χ4v) is 1.41. The monoisotopic (exact) mass is 254 g/mol. The van der Waals surface area contributed by atoms with Gasteiger partial charge in [0.15, 0.2) is 0 Å². The van der Waals surface area contributed by atoms with Crippen LogP contribution in [0, 0.1) is 0 Å². The number of aromatic nitrogens is 2. The molecule has 6 heteroatoms. The van der Waals surface area contributed by atoms with E-state index in [2.05, 4.69) is 10.3 Å². The van der Waals surface area contributed by atoms with Gasteiger partial charge in [0.05, 0.1) is 6.04 Å². The van der Waals surface area contributed by atoms with E-state index < -0.39 is 6.04 Å². The summed E-state index contributed by atoms with van der Waals surface area (Å²) in [5.41, 5.74) is 7.32. The summed E-state index contributed by atoms with van der Waals surface area (Å²) in [6, 6.07) is 3.40. The van der Waals surface area contributed by atoms with Crippen LogP contribution in [0.4, 0.5) is 0 Å². The van der Waals surface area contributed by atoms with Gasteiger partial charge in [-0.25, -0.2) is 4.98 Å². The topological polar surface area (TPSA) is 72.4 Å². The molecule has 0 fully saturated rings. The Hall–Kier alpha value is -1.59. The van der Waals surface area contributed by atoms with E-state index in [1.165, 1.54) is 0 Å². The van der Waals surface area contributed by atoms with Crippen molar-refractivity contribution in [1.29, 1.82) is 0 Å². The highest BCUT2D eigenvalue weighted by molar-refractivity contribution is 5.85. The molecule has 0 aliphatic carbocycles. The summed E-state index contributed by atoms with van der Waals surface area (Å²) in [6.07, 6.45) is 5.52. The predicted octanol–water partition coefficient (Wildman–Crippen LogP) is 0.719. The lowest BCUT2D eigenvalue weighted by molar-refractivity contribution is -0.122. The molecule has 1 unspecified atom stereocenters. The lowest BCUT2D eigenvalue weighted by Gasteiger charge is -2.07. The van der Waals surface area contributed by atoms with Crippen LogP contribution in [-0.2, 0) is 11.3 Å². The predicted molar refractivity (Wildman–Crippen MR) is 67.9 cm³/mol. The molecule has 1 atom stereocenters. The van der Waals surface area contributed by atoms with Crippen molar-refractivity contribution < 1.29 is 4.79 Å². The molecule has 5 nitrogen and oxygen atoms in total. The van der Waals surface area contributed by atoms with Gasteiger partial charge in [0.2, 0.25) is 5.91 Å². The SMILES string of the molecule is CC(N)C(=O)NCc1ccn2ccnc2c1.Cl. The molecule has 0 aromatic carbocycles. The Balaban J connectivity index is 0.00000144. The third-order valence-electron chi connectivity index (χ3n) is 2.34. The van der Waals surface area contributed by atoms with E-state index in [1.807, 2.05) is 28.9 Å². The Labute approximate surface area is 105 Å². The van der Waals surface area contributed by atoms with Gasteiger partial charge in [-0.05, 0) is 24.6 Å². The smallest absolute Gasteiger partial charge is 0.236 e. The average Bonchev–Trinajstić information content (AvgIpc) is 2.72. The molecule has 1 amide bonds. The highest BCUT2D eigenvalue weighted by Gasteiger charge is 2.06. The van der Waals surface area contributed by atoms with E-state index >= 15 is 0 Å². The zero-order valence-electron chi connectivity index (χ0n) is 9.46. The average molecular weight is 255 g/mol. The van der Waals surface area contributed by atoms with E-state index in [0.717, 1.165) is 11.2 Å². The van der Waals surface area contributed by atoms with Gasteiger partial charge < -0.3 is 15.5 Å². The molecule has 0 bridgehead atoms. The summed E-state index contributed by atoms with van der Waals surface area (Å²) in [5, 5.41) is 2.75. The zero-order valence-corrected chi connectivity index (χ0v) is 10.3. The van der Waals surface area contributed by atoms with E-state index in [-0.39, 0.29) is 18.3 Å². The molecular weight excluding hydrogens is 240 g/mol. The summed E-state index contributed by atoms with van der Waals surface area (Å²) in [7, 11) is 0. The van der Waals surface area contributed by atoms with Gasteiger partial charge in [-0.2, -0.15) is 0 Å². The Kier molecular flexibility index (Phi) is 4.48. The first-order valence-electron chi connectivity index (χ1n) is 5.12. The standard InChI is InChI=1S/C11H14N4O.ClH/c1-8(12)11(16)14-7-9-2-4-15-5-3-13-10(15)6-9;/h2-6,8H,7,12H2,1H3,(H,14,16);1H. The molecular formula is C11H15ClN4O. The van der Waals surface area contributed by atoms with Gasteiger partial charge in [0.1, 0.15) is 5.65 Å². The Morgan fingerprint density at radius 1 is 1.59 bits per heavy atom. The number of carbonyl (C=O) groups is 1. The van der Waals surface area contributed by atoms with E-state index in [0.29, 0.717) is 6.54 Å². The number of amides is 1. The minimum Gasteiger partial charge on any atom is -0.351 e. The number of halogens is 1. The number of imidazole rings is 1. The number of hydrogen-bond donors (Lipinski definition) is 2. The van der Waals surface area contributed by atoms with Gasteiger partial charge in [-0.3, -0.25) is 4.79 Å². The molecule has 3 N–H and O–H groups in total. The van der Waals surface area contributed by atoms with Crippen molar-refractivity contribution >= 4 is 24.0 Å². The number of nitrogens with two attached hydrogens (primary N) is 1. The van der Waals surface area contributed by atoms with Crippen LogP contribution in [0.5, 0.6) is 0 Å². The lowest BCUT2D eigenvalue weighted by atomic mass is 10.2. The highest BCUT2D eigenvalue weighted by atomic mass is 35.5. The fourth-order valence-electron chi connectivity index (χ4n) is 1.41. The first-order chi connectivity index (χ1) is 7.66. The molecule has 2 aromatic heterocycles. The van der Waals surface area contributed by atoms with E-state index in [4.69, 9.17) is 5.73 Å². The normalized spacial score (nSPS) is 11.9. The van der Waals surface area contributed by atoms with Crippen LogP contribution in [-0.4, -0.2) is 21.3 Å². The van der Waals surface area contributed by atoms with Gasteiger partial charge >= 0.3 is 0 Å². The molecule has 17 heavy (non-hydrogen) atoms. The number of nitrogens with zero attached hydrogens (tertiary/aromatic N) is 2. The highest BCUT2D eigenvalue weighted by Crippen LogP contribution is 2.04. The second-order valence-corrected chi connectivity index (χ2v) is 3.73. The fraction of sp³-hybridized carbons (Fsp3) is 0.273. The molecule has 0 aliphatic rings. The van der Waals surface area contributed by atoms with Crippen LogP contribution in [0.1, 0.15) is 12.5 Å². The molecule has 0 saturated carbocycles. The molecule has 0 saturated heterocycles. The summed E-state index contributed by atoms with van der Waals surface area (Å²) >= 11 is 0. The van der Waals surface area contributed by atoms with Gasteiger partial charge in [0.25, 0.3) is 0 Å². The molecule has 0 aliphatic heterocycles. The summed E-state index contributed by atoms with van der Waals surface area (Å²) in [6.45, 7) is 2.14. The van der Waals surface area contributed by atoms with Crippen molar-refractivity contribution in [3.63, 3.8) is 0 Å². The molecule has 0 radical (unpaired) electrons. The number of rotatable bonds is 3. The number of nitrogens with one attached hydrogen (secondary N) is 1. The van der Waals surface area contributed by atoms with Gasteiger partial charge in [-0.15, -0.1) is 12.4 Å². The lowest BCUT2D eigenvalue weighted by Crippen LogP contribution is -2.37. The van der Waals surface area contributed by atoms with E-state index in [1.54, 1.807) is 13.1 Å². The maximum atomic E-state index is 11.3. The third kappa shape index (κ3) is 3.18. The maximum Gasteiger partial charge on any atom is 0.236 e. The minimum absolute atomic E-state index is 0. The molecule has 2 aromatic rings. The number of carbonyl (C=O) groups excluding carboxylic acids is 1. The summed E-state index contributed by atoms with van der Waals surface area (Å²) in [4.78, 5) is 15.4. The summed E-state index contributed by atoms with van der Waals surface area (Å²) in [5.74, 6) is -0.150. The number of fused-ring (bicyclic) bond motifs is 1. The van der Waals surface area contributed by atoms with E-state index in [9.17, 15) is 4.79 Å². The van der Waals surface area contributed by atoms with Crippen molar-refractivity contribution in [1.82, 2.24) is 14.7 Å². The van der Waals surface area contributed by atoms with Crippen molar-refractivity contribution in [2.24, 2.45) is 5.73 Å². The van der Waals surface area contributed by atoms with Gasteiger partial charge in [-0.1, -0.05) is 0 Å². The first kappa shape index (κ1) is 13.5.